The molecule has 1 atom stereocenters. The number of nitrogens with two attached hydrogens (primary N) is 2. The molecule has 0 aromatic heterocycles. The van der Waals surface area contributed by atoms with Crippen molar-refractivity contribution in [1.82, 2.24) is 0 Å². The zero-order valence-corrected chi connectivity index (χ0v) is 10.2. The number of hydrogen-bond acceptors (Lipinski definition) is 4. The summed E-state index contributed by atoms with van der Waals surface area (Å²) in [5, 5.41) is 0. The van der Waals surface area contributed by atoms with Gasteiger partial charge in [-0.3, -0.25) is 0 Å². The molecule has 5 heteroatoms. The molecule has 0 spiro atoms. The highest BCUT2D eigenvalue weighted by atomic mass is 32.2. The molecule has 0 fully saturated rings. The fraction of sp³-hybridized carbons (Fsp3) is 0.455. The molecular weight excluding hydrogens is 224 g/mol. The maximum absolute atomic E-state index is 11.2. The van der Waals surface area contributed by atoms with Crippen LogP contribution in [0.25, 0.3) is 0 Å². The minimum atomic E-state index is -3.12. The third kappa shape index (κ3) is 3.59. The lowest BCUT2D eigenvalue weighted by molar-refractivity contribution is 0.601. The lowest BCUT2D eigenvalue weighted by Gasteiger charge is -2.11. The maximum Gasteiger partial charge on any atom is 0.175 e. The van der Waals surface area contributed by atoms with Crippen molar-refractivity contribution in [2.24, 2.45) is 11.5 Å². The Kier molecular flexibility index (Phi) is 4.46. The van der Waals surface area contributed by atoms with Crippen LogP contribution in [-0.2, 0) is 9.84 Å². The molecule has 0 saturated carbocycles. The fourth-order valence-corrected chi connectivity index (χ4v) is 2.10. The van der Waals surface area contributed by atoms with E-state index in [-0.39, 0.29) is 6.04 Å². The van der Waals surface area contributed by atoms with E-state index >= 15 is 0 Å². The van der Waals surface area contributed by atoms with E-state index in [2.05, 4.69) is 0 Å². The Morgan fingerprint density at radius 1 is 1.25 bits per heavy atom. The van der Waals surface area contributed by atoms with Gasteiger partial charge in [-0.15, -0.1) is 0 Å². The van der Waals surface area contributed by atoms with Crippen molar-refractivity contribution < 1.29 is 8.42 Å². The number of benzene rings is 1. The Bertz CT molecular complexity index is 426. The Balaban J connectivity index is 2.79. The summed E-state index contributed by atoms with van der Waals surface area (Å²) < 4.78 is 22.5. The number of sulfone groups is 1. The van der Waals surface area contributed by atoms with Gasteiger partial charge in [-0.1, -0.05) is 12.1 Å². The molecule has 0 saturated heterocycles. The second-order valence-electron chi connectivity index (χ2n) is 3.88. The molecule has 0 aliphatic rings. The van der Waals surface area contributed by atoms with Gasteiger partial charge < -0.3 is 11.5 Å². The van der Waals surface area contributed by atoms with Gasteiger partial charge in [-0.2, -0.15) is 0 Å². The van der Waals surface area contributed by atoms with Crippen LogP contribution in [0.5, 0.6) is 0 Å². The van der Waals surface area contributed by atoms with Gasteiger partial charge in [0.1, 0.15) is 0 Å². The molecule has 0 bridgehead atoms. The molecule has 4 N–H and O–H groups in total. The lowest BCUT2D eigenvalue weighted by Crippen LogP contribution is -2.12. The molecule has 0 heterocycles. The van der Waals surface area contributed by atoms with Crippen molar-refractivity contribution in [3.8, 4) is 0 Å². The third-order valence-corrected chi connectivity index (χ3v) is 3.58. The van der Waals surface area contributed by atoms with Gasteiger partial charge in [0.05, 0.1) is 4.90 Å². The molecule has 0 radical (unpaired) electrons. The van der Waals surface area contributed by atoms with Gasteiger partial charge in [0.15, 0.2) is 9.84 Å². The first-order valence-corrected chi connectivity index (χ1v) is 7.10. The van der Waals surface area contributed by atoms with Gasteiger partial charge in [0.25, 0.3) is 0 Å². The van der Waals surface area contributed by atoms with E-state index in [9.17, 15) is 8.42 Å². The van der Waals surface area contributed by atoms with Crippen LogP contribution in [0.1, 0.15) is 24.4 Å². The van der Waals surface area contributed by atoms with E-state index < -0.39 is 9.84 Å². The smallest absolute Gasteiger partial charge is 0.175 e. The zero-order valence-electron chi connectivity index (χ0n) is 9.39. The summed E-state index contributed by atoms with van der Waals surface area (Å²) >= 11 is 0. The minimum absolute atomic E-state index is 0.0721. The molecule has 16 heavy (non-hydrogen) atoms. The van der Waals surface area contributed by atoms with E-state index in [1.807, 2.05) is 0 Å². The Morgan fingerprint density at radius 2 is 1.81 bits per heavy atom. The molecular formula is C11H18N2O2S. The Morgan fingerprint density at radius 3 is 2.25 bits per heavy atom. The first-order valence-electron chi connectivity index (χ1n) is 5.21. The second kappa shape index (κ2) is 5.43. The van der Waals surface area contributed by atoms with Crippen molar-refractivity contribution in [1.29, 1.82) is 0 Å². The fourth-order valence-electron chi connectivity index (χ4n) is 1.47. The van der Waals surface area contributed by atoms with Crippen molar-refractivity contribution in [3.05, 3.63) is 29.8 Å². The molecule has 4 nitrogen and oxygen atoms in total. The topological polar surface area (TPSA) is 86.2 Å². The van der Waals surface area contributed by atoms with E-state index in [0.717, 1.165) is 18.4 Å². The van der Waals surface area contributed by atoms with Gasteiger partial charge >= 0.3 is 0 Å². The van der Waals surface area contributed by atoms with Crippen molar-refractivity contribution >= 4 is 9.84 Å². The molecule has 1 aromatic rings. The van der Waals surface area contributed by atoms with Crippen molar-refractivity contribution in [2.45, 2.75) is 23.8 Å². The summed E-state index contributed by atoms with van der Waals surface area (Å²) in [5.41, 5.74) is 12.3. The van der Waals surface area contributed by atoms with Crippen LogP contribution < -0.4 is 11.5 Å². The van der Waals surface area contributed by atoms with Crippen LogP contribution in [0, 0.1) is 0 Å². The van der Waals surface area contributed by atoms with Crippen LogP contribution in [0.2, 0.25) is 0 Å². The molecule has 1 aromatic carbocycles. The quantitative estimate of drug-likeness (QED) is 0.800. The normalized spacial score (nSPS) is 13.7. The Labute approximate surface area is 96.6 Å². The largest absolute Gasteiger partial charge is 0.330 e. The molecule has 1 rings (SSSR count). The van der Waals surface area contributed by atoms with Crippen LogP contribution in [-0.4, -0.2) is 21.2 Å². The molecule has 0 aliphatic carbocycles. The average Bonchev–Trinajstić information content (AvgIpc) is 2.25. The summed E-state index contributed by atoms with van der Waals surface area (Å²) in [6, 6.07) is 6.63. The van der Waals surface area contributed by atoms with Crippen LogP contribution in [0.3, 0.4) is 0 Å². The highest BCUT2D eigenvalue weighted by Crippen LogP contribution is 2.18. The second-order valence-corrected chi connectivity index (χ2v) is 5.89. The highest BCUT2D eigenvalue weighted by molar-refractivity contribution is 7.90. The molecule has 0 unspecified atom stereocenters. The maximum atomic E-state index is 11.2. The predicted molar refractivity (Wildman–Crippen MR) is 64.8 cm³/mol. The van der Waals surface area contributed by atoms with Crippen molar-refractivity contribution in [3.63, 3.8) is 0 Å². The summed E-state index contributed by atoms with van der Waals surface area (Å²) in [6.45, 7) is 0.620. The number of hydrogen-bond donors (Lipinski definition) is 2. The van der Waals surface area contributed by atoms with Gasteiger partial charge in [0.2, 0.25) is 0 Å². The first-order chi connectivity index (χ1) is 7.45. The third-order valence-electron chi connectivity index (χ3n) is 2.46. The first kappa shape index (κ1) is 13.2. The van der Waals surface area contributed by atoms with Gasteiger partial charge in [-0.05, 0) is 37.1 Å². The Hall–Kier alpha value is -0.910. The van der Waals surface area contributed by atoms with Gasteiger partial charge in [0, 0.05) is 12.3 Å². The minimum Gasteiger partial charge on any atom is -0.330 e. The predicted octanol–water partition coefficient (Wildman–Crippen LogP) is 0.829. The molecule has 0 amide bonds. The van der Waals surface area contributed by atoms with Crippen molar-refractivity contribution in [2.75, 3.05) is 12.8 Å². The van der Waals surface area contributed by atoms with Crippen LogP contribution in [0.15, 0.2) is 29.2 Å². The van der Waals surface area contributed by atoms with E-state index in [1.54, 1.807) is 24.3 Å². The molecule has 0 aliphatic heterocycles. The summed E-state index contributed by atoms with van der Waals surface area (Å²) in [4.78, 5) is 0.322. The van der Waals surface area contributed by atoms with Crippen LogP contribution in [0.4, 0.5) is 0 Å². The standard InChI is InChI=1S/C11H18N2O2S/c1-16(14,15)10-6-4-9(5-7-10)11(13)3-2-8-12/h4-7,11H,2-3,8,12-13H2,1H3/t11-/m0/s1. The molecule has 90 valence electrons. The van der Waals surface area contributed by atoms with Gasteiger partial charge in [-0.25, -0.2) is 8.42 Å². The monoisotopic (exact) mass is 242 g/mol. The SMILES string of the molecule is CS(=O)(=O)c1ccc([C@@H](N)CCCN)cc1. The number of rotatable bonds is 5. The van der Waals surface area contributed by atoms with E-state index in [4.69, 9.17) is 11.5 Å². The summed E-state index contributed by atoms with van der Waals surface area (Å²) in [5.74, 6) is 0. The van der Waals surface area contributed by atoms with E-state index in [0.29, 0.717) is 11.4 Å². The average molecular weight is 242 g/mol. The van der Waals surface area contributed by atoms with E-state index in [1.165, 1.54) is 6.26 Å². The summed E-state index contributed by atoms with van der Waals surface area (Å²) in [6.07, 6.45) is 2.88. The summed E-state index contributed by atoms with van der Waals surface area (Å²) in [7, 11) is -3.12. The highest BCUT2D eigenvalue weighted by Gasteiger charge is 2.09. The lowest BCUT2D eigenvalue weighted by atomic mass is 10.0. The zero-order chi connectivity index (χ0) is 12.2. The van der Waals surface area contributed by atoms with Crippen LogP contribution >= 0.6 is 0 Å².